The minimum Gasteiger partial charge on any atom is -0.460 e. The second-order valence-corrected chi connectivity index (χ2v) is 5.37. The first-order chi connectivity index (χ1) is 9.27. The summed E-state index contributed by atoms with van der Waals surface area (Å²) in [4.78, 5) is 12.0. The molecule has 0 spiro atoms. The molecule has 1 aliphatic rings. The third-order valence-corrected chi connectivity index (χ3v) is 3.90. The van der Waals surface area contributed by atoms with E-state index in [1.807, 2.05) is 30.3 Å². The first-order valence-electron chi connectivity index (χ1n) is 7.23. The van der Waals surface area contributed by atoms with E-state index in [9.17, 15) is 4.79 Å². The van der Waals surface area contributed by atoms with Gasteiger partial charge in [0.05, 0.1) is 0 Å². The SMILES string of the molecule is NC(C(=O)OCc1ccccc1)C1CCCCCC1. The van der Waals surface area contributed by atoms with Gasteiger partial charge in [-0.05, 0) is 24.3 Å². The number of carbonyl (C=O) groups is 1. The van der Waals surface area contributed by atoms with Gasteiger partial charge in [0.2, 0.25) is 0 Å². The van der Waals surface area contributed by atoms with Crippen LogP contribution < -0.4 is 5.73 Å². The van der Waals surface area contributed by atoms with Crippen LogP contribution in [0, 0.1) is 5.92 Å². The molecule has 1 aromatic rings. The molecule has 1 atom stereocenters. The molecule has 0 amide bonds. The molecule has 0 bridgehead atoms. The zero-order valence-electron chi connectivity index (χ0n) is 11.4. The molecule has 104 valence electrons. The van der Waals surface area contributed by atoms with Gasteiger partial charge in [0, 0.05) is 0 Å². The molecule has 2 rings (SSSR count). The van der Waals surface area contributed by atoms with Gasteiger partial charge in [-0.15, -0.1) is 0 Å². The van der Waals surface area contributed by atoms with E-state index in [2.05, 4.69) is 0 Å². The molecule has 0 aromatic heterocycles. The van der Waals surface area contributed by atoms with Crippen molar-refractivity contribution in [3.05, 3.63) is 35.9 Å². The smallest absolute Gasteiger partial charge is 0.323 e. The quantitative estimate of drug-likeness (QED) is 0.669. The van der Waals surface area contributed by atoms with Crippen molar-refractivity contribution in [2.24, 2.45) is 11.7 Å². The highest BCUT2D eigenvalue weighted by atomic mass is 16.5. The van der Waals surface area contributed by atoms with Gasteiger partial charge in [-0.1, -0.05) is 56.0 Å². The second kappa shape index (κ2) is 7.29. The summed E-state index contributed by atoms with van der Waals surface area (Å²) in [5, 5.41) is 0. The van der Waals surface area contributed by atoms with Crippen molar-refractivity contribution in [3.63, 3.8) is 0 Å². The lowest BCUT2D eigenvalue weighted by molar-refractivity contribution is -0.148. The van der Waals surface area contributed by atoms with Gasteiger partial charge in [0.1, 0.15) is 12.6 Å². The number of rotatable bonds is 4. The molecule has 2 N–H and O–H groups in total. The summed E-state index contributed by atoms with van der Waals surface area (Å²) in [5.74, 6) is 0.0431. The van der Waals surface area contributed by atoms with Gasteiger partial charge < -0.3 is 10.5 Å². The van der Waals surface area contributed by atoms with E-state index in [0.717, 1.165) is 18.4 Å². The molecule has 1 aliphatic carbocycles. The number of hydrogen-bond acceptors (Lipinski definition) is 3. The summed E-state index contributed by atoms with van der Waals surface area (Å²) in [7, 11) is 0. The number of hydrogen-bond donors (Lipinski definition) is 1. The topological polar surface area (TPSA) is 52.3 Å². The molecular weight excluding hydrogens is 238 g/mol. The van der Waals surface area contributed by atoms with Gasteiger partial charge in [-0.3, -0.25) is 4.79 Å². The Morgan fingerprint density at radius 1 is 1.16 bits per heavy atom. The zero-order chi connectivity index (χ0) is 13.5. The fraction of sp³-hybridized carbons (Fsp3) is 0.562. The van der Waals surface area contributed by atoms with Crippen LogP contribution in [0.2, 0.25) is 0 Å². The lowest BCUT2D eigenvalue weighted by Crippen LogP contribution is -2.39. The summed E-state index contributed by atoms with van der Waals surface area (Å²) in [6.07, 6.45) is 7.02. The van der Waals surface area contributed by atoms with Crippen molar-refractivity contribution in [1.29, 1.82) is 0 Å². The Morgan fingerprint density at radius 3 is 2.42 bits per heavy atom. The first kappa shape index (κ1) is 14.1. The molecule has 0 heterocycles. The Balaban J connectivity index is 1.81. The second-order valence-electron chi connectivity index (χ2n) is 5.37. The average molecular weight is 261 g/mol. The molecule has 0 saturated heterocycles. The first-order valence-corrected chi connectivity index (χ1v) is 7.23. The largest absolute Gasteiger partial charge is 0.460 e. The molecule has 1 saturated carbocycles. The van der Waals surface area contributed by atoms with Crippen molar-refractivity contribution in [3.8, 4) is 0 Å². The normalized spacial score (nSPS) is 18.6. The van der Waals surface area contributed by atoms with E-state index in [1.165, 1.54) is 25.7 Å². The van der Waals surface area contributed by atoms with Gasteiger partial charge in [0.25, 0.3) is 0 Å². The van der Waals surface area contributed by atoms with E-state index >= 15 is 0 Å². The zero-order valence-corrected chi connectivity index (χ0v) is 11.4. The van der Waals surface area contributed by atoms with E-state index < -0.39 is 6.04 Å². The average Bonchev–Trinajstić information content (AvgIpc) is 2.74. The predicted octanol–water partition coefficient (Wildman–Crippen LogP) is 3.03. The van der Waals surface area contributed by atoms with Crippen LogP contribution in [-0.4, -0.2) is 12.0 Å². The van der Waals surface area contributed by atoms with Crippen LogP contribution in [0.3, 0.4) is 0 Å². The van der Waals surface area contributed by atoms with E-state index in [4.69, 9.17) is 10.5 Å². The fourth-order valence-corrected chi connectivity index (χ4v) is 2.69. The highest BCUT2D eigenvalue weighted by molar-refractivity contribution is 5.75. The van der Waals surface area contributed by atoms with Crippen LogP contribution in [0.1, 0.15) is 44.1 Å². The number of benzene rings is 1. The van der Waals surface area contributed by atoms with Gasteiger partial charge >= 0.3 is 5.97 Å². The number of carbonyl (C=O) groups excluding carboxylic acids is 1. The summed E-state index contributed by atoms with van der Waals surface area (Å²) in [6, 6.07) is 9.27. The Bertz CT molecular complexity index is 383. The Hall–Kier alpha value is -1.35. The van der Waals surface area contributed by atoms with Crippen LogP contribution in [0.5, 0.6) is 0 Å². The summed E-state index contributed by atoms with van der Waals surface area (Å²) >= 11 is 0. The number of ether oxygens (including phenoxy) is 1. The molecule has 3 heteroatoms. The van der Waals surface area contributed by atoms with Gasteiger partial charge in [-0.25, -0.2) is 0 Å². The van der Waals surface area contributed by atoms with Gasteiger partial charge in [0.15, 0.2) is 0 Å². The van der Waals surface area contributed by atoms with Crippen molar-refractivity contribution >= 4 is 5.97 Å². The third-order valence-electron chi connectivity index (χ3n) is 3.90. The Morgan fingerprint density at radius 2 is 1.79 bits per heavy atom. The van der Waals surface area contributed by atoms with Crippen LogP contribution in [0.15, 0.2) is 30.3 Å². The minimum absolute atomic E-state index is 0.254. The van der Waals surface area contributed by atoms with E-state index in [1.54, 1.807) is 0 Å². The minimum atomic E-state index is -0.457. The molecule has 1 fully saturated rings. The van der Waals surface area contributed by atoms with Crippen molar-refractivity contribution in [2.75, 3.05) is 0 Å². The highest BCUT2D eigenvalue weighted by Crippen LogP contribution is 2.25. The summed E-state index contributed by atoms with van der Waals surface area (Å²) in [6.45, 7) is 0.320. The maximum absolute atomic E-state index is 12.0. The van der Waals surface area contributed by atoms with Crippen LogP contribution in [0.4, 0.5) is 0 Å². The monoisotopic (exact) mass is 261 g/mol. The standard InChI is InChI=1S/C16H23NO2/c17-15(14-10-6-1-2-7-11-14)16(18)19-12-13-8-4-3-5-9-13/h3-5,8-9,14-15H,1-2,6-7,10-12,17H2. The fourth-order valence-electron chi connectivity index (χ4n) is 2.69. The van der Waals surface area contributed by atoms with Gasteiger partial charge in [-0.2, -0.15) is 0 Å². The molecule has 1 unspecified atom stereocenters. The maximum atomic E-state index is 12.0. The Kier molecular flexibility index (Phi) is 5.40. The molecule has 3 nitrogen and oxygen atoms in total. The van der Waals surface area contributed by atoms with Crippen LogP contribution in [-0.2, 0) is 16.1 Å². The molecule has 1 aromatic carbocycles. The van der Waals surface area contributed by atoms with Crippen molar-refractivity contribution < 1.29 is 9.53 Å². The molecule has 0 radical (unpaired) electrons. The van der Waals surface area contributed by atoms with Crippen molar-refractivity contribution in [1.82, 2.24) is 0 Å². The number of nitrogens with two attached hydrogens (primary N) is 1. The predicted molar refractivity (Wildman–Crippen MR) is 75.4 cm³/mol. The molecule has 0 aliphatic heterocycles. The Labute approximate surface area is 115 Å². The molecular formula is C16H23NO2. The number of esters is 1. The van der Waals surface area contributed by atoms with Crippen molar-refractivity contribution in [2.45, 2.75) is 51.2 Å². The van der Waals surface area contributed by atoms with E-state index in [0.29, 0.717) is 12.5 Å². The lowest BCUT2D eigenvalue weighted by Gasteiger charge is -2.20. The van der Waals surface area contributed by atoms with Crippen LogP contribution in [0.25, 0.3) is 0 Å². The summed E-state index contributed by atoms with van der Waals surface area (Å²) in [5.41, 5.74) is 7.05. The molecule has 19 heavy (non-hydrogen) atoms. The van der Waals surface area contributed by atoms with E-state index in [-0.39, 0.29) is 5.97 Å². The maximum Gasteiger partial charge on any atom is 0.323 e. The van der Waals surface area contributed by atoms with Crippen LogP contribution >= 0.6 is 0 Å². The lowest BCUT2D eigenvalue weighted by atomic mass is 9.92. The summed E-state index contributed by atoms with van der Waals surface area (Å²) < 4.78 is 5.32. The third kappa shape index (κ3) is 4.35. The highest BCUT2D eigenvalue weighted by Gasteiger charge is 2.26.